The zero-order valence-corrected chi connectivity index (χ0v) is 18.2. The second-order valence-electron chi connectivity index (χ2n) is 9.96. The molecule has 1 N–H and O–H groups in total. The van der Waals surface area contributed by atoms with Crippen LogP contribution >= 0.6 is 0 Å². The molecule has 1 amide bonds. The zero-order valence-electron chi connectivity index (χ0n) is 18.2. The molecule has 1 saturated heterocycles. The number of ether oxygens (including phenoxy) is 1. The number of nitrogens with one attached hydrogen (secondary N) is 1. The fraction of sp³-hybridized carbons (Fsp3) is 0.720. The second-order valence-corrected chi connectivity index (χ2v) is 9.96. The van der Waals surface area contributed by atoms with Gasteiger partial charge in [-0.05, 0) is 56.4 Å². The molecular formula is C25H38N2O2. The Hall–Kier alpha value is -1.39. The van der Waals surface area contributed by atoms with Gasteiger partial charge in [-0.1, -0.05) is 37.3 Å². The summed E-state index contributed by atoms with van der Waals surface area (Å²) in [7, 11) is 1.81. The minimum atomic E-state index is 0.163. The van der Waals surface area contributed by atoms with E-state index < -0.39 is 0 Å². The number of hydrogen-bond acceptors (Lipinski definition) is 3. The van der Waals surface area contributed by atoms with Gasteiger partial charge in [-0.2, -0.15) is 0 Å². The summed E-state index contributed by atoms with van der Waals surface area (Å²) in [6.45, 7) is 5.88. The third-order valence-corrected chi connectivity index (χ3v) is 7.71. The molecule has 4 heteroatoms. The third-order valence-electron chi connectivity index (χ3n) is 7.71. The van der Waals surface area contributed by atoms with Crippen LogP contribution in [0.2, 0.25) is 0 Å². The van der Waals surface area contributed by atoms with Crippen molar-refractivity contribution in [3.8, 4) is 0 Å². The van der Waals surface area contributed by atoms with E-state index >= 15 is 0 Å². The molecule has 2 aliphatic carbocycles. The topological polar surface area (TPSA) is 41.6 Å². The van der Waals surface area contributed by atoms with Gasteiger partial charge in [0.05, 0.1) is 6.61 Å². The van der Waals surface area contributed by atoms with Gasteiger partial charge in [-0.3, -0.25) is 4.79 Å². The van der Waals surface area contributed by atoms with Crippen LogP contribution in [0.4, 0.5) is 0 Å². The predicted molar refractivity (Wildman–Crippen MR) is 117 cm³/mol. The van der Waals surface area contributed by atoms with Crippen LogP contribution in [-0.4, -0.2) is 50.2 Å². The molecule has 2 atom stereocenters. The number of likely N-dealkylation sites (tertiary alicyclic amines) is 1. The summed E-state index contributed by atoms with van der Waals surface area (Å²) < 4.78 is 5.63. The monoisotopic (exact) mass is 398 g/mol. The first-order valence-corrected chi connectivity index (χ1v) is 11.7. The Morgan fingerprint density at radius 1 is 1.14 bits per heavy atom. The summed E-state index contributed by atoms with van der Waals surface area (Å²) in [4.78, 5) is 15.1. The van der Waals surface area contributed by atoms with Crippen molar-refractivity contribution in [1.29, 1.82) is 0 Å². The van der Waals surface area contributed by atoms with Crippen molar-refractivity contribution in [2.75, 3.05) is 33.4 Å². The quantitative estimate of drug-likeness (QED) is 0.748. The number of hydrogen-bond donors (Lipinski definition) is 1. The number of piperidine rings is 1. The highest BCUT2D eigenvalue weighted by molar-refractivity contribution is 5.79. The van der Waals surface area contributed by atoms with Gasteiger partial charge < -0.3 is 15.0 Å². The maximum Gasteiger partial charge on any atom is 0.225 e. The van der Waals surface area contributed by atoms with E-state index in [1.807, 2.05) is 7.11 Å². The van der Waals surface area contributed by atoms with Gasteiger partial charge in [0.2, 0.25) is 5.91 Å². The number of carbonyl (C=O) groups is 1. The molecule has 0 radical (unpaired) electrons. The average Bonchev–Trinajstić information content (AvgIpc) is 3.54. The fourth-order valence-electron chi connectivity index (χ4n) is 5.48. The van der Waals surface area contributed by atoms with Crippen LogP contribution < -0.4 is 5.32 Å². The molecule has 0 spiro atoms. The largest absolute Gasteiger partial charge is 0.384 e. The van der Waals surface area contributed by atoms with Crippen molar-refractivity contribution in [3.63, 3.8) is 0 Å². The van der Waals surface area contributed by atoms with Gasteiger partial charge in [-0.25, -0.2) is 0 Å². The van der Waals surface area contributed by atoms with E-state index in [2.05, 4.69) is 47.5 Å². The Morgan fingerprint density at radius 2 is 1.83 bits per heavy atom. The van der Waals surface area contributed by atoms with Gasteiger partial charge in [-0.15, -0.1) is 0 Å². The van der Waals surface area contributed by atoms with Gasteiger partial charge in [0, 0.05) is 50.0 Å². The van der Waals surface area contributed by atoms with E-state index in [4.69, 9.17) is 4.74 Å². The summed E-state index contributed by atoms with van der Waals surface area (Å²) in [6.07, 6.45) is 7.93. The van der Waals surface area contributed by atoms with Crippen molar-refractivity contribution >= 4 is 5.91 Å². The van der Waals surface area contributed by atoms with Crippen LogP contribution in [-0.2, 0) is 9.53 Å². The molecule has 4 nitrogen and oxygen atoms in total. The summed E-state index contributed by atoms with van der Waals surface area (Å²) in [6, 6.07) is 11.4. The Kier molecular flexibility index (Phi) is 6.60. The summed E-state index contributed by atoms with van der Waals surface area (Å²) in [5, 5.41) is 3.83. The SMILES string of the molecule is COCC1(CN[C@@H]2C[C@H]2c2ccccc2)CCN(C(=O)C2CCC(C)CC2)CC1. The molecule has 1 heterocycles. The van der Waals surface area contributed by atoms with Gasteiger partial charge in [0.25, 0.3) is 0 Å². The highest BCUT2D eigenvalue weighted by Crippen LogP contribution is 2.42. The molecule has 3 fully saturated rings. The molecule has 0 aromatic heterocycles. The molecule has 1 aliphatic heterocycles. The van der Waals surface area contributed by atoms with Crippen LogP contribution in [0, 0.1) is 17.3 Å². The highest BCUT2D eigenvalue weighted by atomic mass is 16.5. The Morgan fingerprint density at radius 3 is 2.48 bits per heavy atom. The lowest BCUT2D eigenvalue weighted by atomic mass is 9.77. The molecule has 2 saturated carbocycles. The number of carbonyl (C=O) groups excluding carboxylic acids is 1. The number of benzene rings is 1. The lowest BCUT2D eigenvalue weighted by Crippen LogP contribution is -2.50. The molecular weight excluding hydrogens is 360 g/mol. The Bertz CT molecular complexity index is 661. The zero-order chi connectivity index (χ0) is 20.3. The minimum absolute atomic E-state index is 0.163. The van der Waals surface area contributed by atoms with Crippen LogP contribution in [0.15, 0.2) is 30.3 Å². The number of rotatable bonds is 7. The van der Waals surface area contributed by atoms with Crippen LogP contribution in [0.5, 0.6) is 0 Å². The van der Waals surface area contributed by atoms with E-state index in [0.717, 1.165) is 57.8 Å². The van der Waals surface area contributed by atoms with E-state index in [1.165, 1.54) is 24.8 Å². The molecule has 160 valence electrons. The maximum absolute atomic E-state index is 13.0. The third kappa shape index (κ3) is 5.03. The smallest absolute Gasteiger partial charge is 0.225 e. The number of amides is 1. The lowest BCUT2D eigenvalue weighted by Gasteiger charge is -2.43. The summed E-state index contributed by atoms with van der Waals surface area (Å²) in [5.74, 6) is 2.15. The van der Waals surface area contributed by atoms with Gasteiger partial charge in [0.15, 0.2) is 0 Å². The minimum Gasteiger partial charge on any atom is -0.384 e. The van der Waals surface area contributed by atoms with Crippen molar-refractivity contribution in [1.82, 2.24) is 10.2 Å². The summed E-state index contributed by atoms with van der Waals surface area (Å²) in [5.41, 5.74) is 1.61. The van der Waals surface area contributed by atoms with Crippen molar-refractivity contribution < 1.29 is 9.53 Å². The Balaban J connectivity index is 1.27. The van der Waals surface area contributed by atoms with Gasteiger partial charge >= 0.3 is 0 Å². The number of nitrogens with zero attached hydrogens (tertiary/aromatic N) is 1. The van der Waals surface area contributed by atoms with Gasteiger partial charge in [0.1, 0.15) is 0 Å². The molecule has 0 unspecified atom stereocenters. The molecule has 29 heavy (non-hydrogen) atoms. The number of methoxy groups -OCH3 is 1. The first-order valence-electron chi connectivity index (χ1n) is 11.7. The van der Waals surface area contributed by atoms with Crippen LogP contribution in [0.1, 0.15) is 63.4 Å². The van der Waals surface area contributed by atoms with E-state index in [9.17, 15) is 4.79 Å². The first-order chi connectivity index (χ1) is 14.1. The summed E-state index contributed by atoms with van der Waals surface area (Å²) >= 11 is 0. The van der Waals surface area contributed by atoms with Crippen molar-refractivity contribution in [2.45, 2.75) is 63.8 Å². The lowest BCUT2D eigenvalue weighted by molar-refractivity contribution is -0.139. The first kappa shape index (κ1) is 20.9. The standard InChI is InChI=1S/C25H38N2O2/c1-19-8-10-21(11-9-19)24(28)27-14-12-25(13-15-27,18-29-2)17-26-23-16-22(23)20-6-4-3-5-7-20/h3-7,19,21-23,26H,8-18H2,1-2H3/t19?,21?,22-,23+/m0/s1. The Labute approximate surface area is 176 Å². The molecule has 1 aromatic rings. The second kappa shape index (κ2) is 9.18. The predicted octanol–water partition coefficient (Wildman–Crippen LogP) is 4.21. The van der Waals surface area contributed by atoms with E-state index in [-0.39, 0.29) is 11.3 Å². The van der Waals surface area contributed by atoms with E-state index in [1.54, 1.807) is 0 Å². The highest BCUT2D eigenvalue weighted by Gasteiger charge is 2.42. The molecule has 4 rings (SSSR count). The normalized spacial score (nSPS) is 31.4. The van der Waals surface area contributed by atoms with Crippen LogP contribution in [0.3, 0.4) is 0 Å². The molecule has 0 bridgehead atoms. The maximum atomic E-state index is 13.0. The van der Waals surface area contributed by atoms with E-state index in [0.29, 0.717) is 17.9 Å². The average molecular weight is 399 g/mol. The van der Waals surface area contributed by atoms with Crippen molar-refractivity contribution in [2.24, 2.45) is 17.3 Å². The van der Waals surface area contributed by atoms with Crippen molar-refractivity contribution in [3.05, 3.63) is 35.9 Å². The molecule has 3 aliphatic rings. The molecule has 1 aromatic carbocycles. The van der Waals surface area contributed by atoms with Crippen LogP contribution in [0.25, 0.3) is 0 Å². The fourth-order valence-corrected chi connectivity index (χ4v) is 5.48.